The SMILES string of the molecule is CC(C)CC[C@](CCCN)(C(=O)NCCCc1ccccc1)N(OC(=O)C(F)(F)F)C(=O)CN. The van der Waals surface area contributed by atoms with E-state index in [1.807, 2.05) is 44.2 Å². The molecule has 0 aliphatic heterocycles. The van der Waals surface area contributed by atoms with Crippen LogP contribution in [0, 0.1) is 5.92 Å². The van der Waals surface area contributed by atoms with Crippen molar-refractivity contribution in [3.05, 3.63) is 35.9 Å². The topological polar surface area (TPSA) is 128 Å². The number of rotatable bonds is 13. The van der Waals surface area contributed by atoms with Crippen molar-refractivity contribution < 1.29 is 32.4 Å². The van der Waals surface area contributed by atoms with Crippen molar-refractivity contribution in [2.75, 3.05) is 19.6 Å². The zero-order valence-corrected chi connectivity index (χ0v) is 19.7. The number of nitrogens with zero attached hydrogens (tertiary/aromatic N) is 1. The Bertz CT molecular complexity index is 790. The van der Waals surface area contributed by atoms with Crippen LogP contribution in [0.15, 0.2) is 30.3 Å². The lowest BCUT2D eigenvalue weighted by molar-refractivity contribution is -0.254. The van der Waals surface area contributed by atoms with Gasteiger partial charge in [-0.1, -0.05) is 44.2 Å². The van der Waals surface area contributed by atoms with Crippen LogP contribution in [0.25, 0.3) is 0 Å². The maximum atomic E-state index is 13.4. The van der Waals surface area contributed by atoms with E-state index in [1.54, 1.807) is 0 Å². The third kappa shape index (κ3) is 8.94. The average Bonchev–Trinajstić information content (AvgIpc) is 2.80. The first-order valence-electron chi connectivity index (χ1n) is 11.3. The average molecular weight is 489 g/mol. The van der Waals surface area contributed by atoms with Gasteiger partial charge in [-0.3, -0.25) is 9.59 Å². The zero-order valence-electron chi connectivity index (χ0n) is 19.7. The first-order chi connectivity index (χ1) is 16.0. The maximum Gasteiger partial charge on any atom is 0.493 e. The van der Waals surface area contributed by atoms with Crippen LogP contribution in [0.2, 0.25) is 0 Å². The molecule has 11 heteroatoms. The number of benzene rings is 1. The number of nitrogens with one attached hydrogen (secondary N) is 1. The van der Waals surface area contributed by atoms with E-state index in [2.05, 4.69) is 10.2 Å². The Hall–Kier alpha value is -2.66. The van der Waals surface area contributed by atoms with Crippen LogP contribution in [0.1, 0.15) is 51.5 Å². The van der Waals surface area contributed by atoms with Crippen molar-refractivity contribution in [2.24, 2.45) is 17.4 Å². The number of nitrogens with two attached hydrogens (primary N) is 2. The third-order valence-electron chi connectivity index (χ3n) is 5.32. The van der Waals surface area contributed by atoms with Crippen LogP contribution in [0.3, 0.4) is 0 Å². The van der Waals surface area contributed by atoms with Crippen molar-refractivity contribution >= 4 is 17.8 Å². The summed E-state index contributed by atoms with van der Waals surface area (Å²) in [4.78, 5) is 42.2. The molecule has 0 unspecified atom stereocenters. The quantitative estimate of drug-likeness (QED) is 0.289. The van der Waals surface area contributed by atoms with Gasteiger partial charge in [0.1, 0.15) is 0 Å². The molecule has 8 nitrogen and oxygen atoms in total. The minimum Gasteiger partial charge on any atom is -0.354 e. The molecule has 1 atom stereocenters. The molecule has 0 aromatic heterocycles. The summed E-state index contributed by atoms with van der Waals surface area (Å²) >= 11 is 0. The van der Waals surface area contributed by atoms with Gasteiger partial charge in [0.25, 0.3) is 5.91 Å². The lowest BCUT2D eigenvalue weighted by atomic mass is 9.84. The van der Waals surface area contributed by atoms with Gasteiger partial charge >= 0.3 is 12.1 Å². The predicted molar refractivity (Wildman–Crippen MR) is 121 cm³/mol. The first kappa shape index (κ1) is 29.4. The minimum absolute atomic E-state index is 0.0357. The van der Waals surface area contributed by atoms with Crippen molar-refractivity contribution in [3.8, 4) is 0 Å². The number of alkyl halides is 3. The van der Waals surface area contributed by atoms with E-state index in [0.717, 1.165) is 5.56 Å². The van der Waals surface area contributed by atoms with Crippen molar-refractivity contribution in [3.63, 3.8) is 0 Å². The lowest BCUT2D eigenvalue weighted by Crippen LogP contribution is -2.63. The van der Waals surface area contributed by atoms with Crippen LogP contribution in [-0.4, -0.2) is 54.2 Å². The van der Waals surface area contributed by atoms with E-state index < -0.39 is 36.0 Å². The molecule has 0 saturated heterocycles. The van der Waals surface area contributed by atoms with Gasteiger partial charge in [-0.15, -0.1) is 0 Å². The van der Waals surface area contributed by atoms with E-state index in [1.165, 1.54) is 0 Å². The van der Waals surface area contributed by atoms with Crippen molar-refractivity contribution in [1.82, 2.24) is 10.4 Å². The summed E-state index contributed by atoms with van der Waals surface area (Å²) in [5.41, 5.74) is 10.2. The normalized spacial score (nSPS) is 13.3. The van der Waals surface area contributed by atoms with Crippen molar-refractivity contribution in [1.29, 1.82) is 0 Å². The third-order valence-corrected chi connectivity index (χ3v) is 5.32. The summed E-state index contributed by atoms with van der Waals surface area (Å²) in [6.45, 7) is 3.29. The number of carbonyl (C=O) groups is 3. The van der Waals surface area contributed by atoms with E-state index in [9.17, 15) is 27.6 Å². The number of halogens is 3. The standard InChI is InChI=1S/C23H35F3N4O4/c1-17(2)11-13-22(12-7-14-27,30(19(31)16-28)34-21(33)23(24,25)26)20(32)29-15-6-10-18-8-4-3-5-9-18/h3-5,8-9,17H,6-7,10-16,27-28H2,1-2H3,(H,29,32)/t22-/m1/s1. The Morgan fingerprint density at radius 2 is 1.71 bits per heavy atom. The molecular formula is C23H35F3N4O4. The highest BCUT2D eigenvalue weighted by atomic mass is 19.4. The molecular weight excluding hydrogens is 453 g/mol. The van der Waals surface area contributed by atoms with Gasteiger partial charge in [0.2, 0.25) is 5.91 Å². The minimum atomic E-state index is -5.36. The fourth-order valence-corrected chi connectivity index (χ4v) is 3.47. The Kier molecular flexibility index (Phi) is 12.0. The lowest BCUT2D eigenvalue weighted by Gasteiger charge is -2.41. The summed E-state index contributed by atoms with van der Waals surface area (Å²) in [6.07, 6.45) is -3.70. The summed E-state index contributed by atoms with van der Waals surface area (Å²) in [6, 6.07) is 9.55. The largest absolute Gasteiger partial charge is 0.493 e. The summed E-state index contributed by atoms with van der Waals surface area (Å²) < 4.78 is 38.9. The highest BCUT2D eigenvalue weighted by Crippen LogP contribution is 2.32. The van der Waals surface area contributed by atoms with Gasteiger partial charge in [0.15, 0.2) is 5.54 Å². The fourth-order valence-electron chi connectivity index (χ4n) is 3.47. The second kappa shape index (κ2) is 13.9. The van der Waals surface area contributed by atoms with Gasteiger partial charge in [0.05, 0.1) is 6.54 Å². The molecule has 1 aromatic carbocycles. The number of hydrogen-bond donors (Lipinski definition) is 3. The number of hydrogen-bond acceptors (Lipinski definition) is 6. The van der Waals surface area contributed by atoms with Gasteiger partial charge in [-0.05, 0) is 56.6 Å². The van der Waals surface area contributed by atoms with E-state index in [-0.39, 0.29) is 43.3 Å². The van der Waals surface area contributed by atoms with Gasteiger partial charge in [0, 0.05) is 6.54 Å². The Balaban J connectivity index is 3.22. The van der Waals surface area contributed by atoms with Crippen LogP contribution in [0.4, 0.5) is 13.2 Å². The van der Waals surface area contributed by atoms with Crippen LogP contribution >= 0.6 is 0 Å². The second-order valence-corrected chi connectivity index (χ2v) is 8.47. The molecule has 5 N–H and O–H groups in total. The number of aryl methyl sites for hydroxylation is 1. The molecule has 0 aliphatic rings. The molecule has 1 aromatic rings. The summed E-state index contributed by atoms with van der Waals surface area (Å²) in [7, 11) is 0. The Labute approximate surface area is 198 Å². The molecule has 34 heavy (non-hydrogen) atoms. The van der Waals surface area contributed by atoms with Crippen LogP contribution < -0.4 is 16.8 Å². The molecule has 0 spiro atoms. The Morgan fingerprint density at radius 1 is 1.06 bits per heavy atom. The molecule has 0 radical (unpaired) electrons. The van der Waals surface area contributed by atoms with Crippen molar-refractivity contribution in [2.45, 2.75) is 64.1 Å². The molecule has 0 saturated carbocycles. The molecule has 192 valence electrons. The highest BCUT2D eigenvalue weighted by molar-refractivity contribution is 5.92. The first-order valence-corrected chi connectivity index (χ1v) is 11.3. The molecule has 0 aliphatic carbocycles. The van der Waals surface area contributed by atoms with Gasteiger partial charge in [-0.25, -0.2) is 4.79 Å². The summed E-state index contributed by atoms with van der Waals surface area (Å²) in [5, 5.41) is 2.94. The smallest absolute Gasteiger partial charge is 0.354 e. The predicted octanol–water partition coefficient (Wildman–Crippen LogP) is 2.46. The molecule has 0 bridgehead atoms. The zero-order chi connectivity index (χ0) is 25.8. The molecule has 2 amide bonds. The van der Waals surface area contributed by atoms with Crippen LogP contribution in [-0.2, 0) is 25.6 Å². The highest BCUT2D eigenvalue weighted by Gasteiger charge is 2.51. The number of carbonyl (C=O) groups excluding carboxylic acids is 3. The van der Waals surface area contributed by atoms with E-state index in [4.69, 9.17) is 11.5 Å². The monoisotopic (exact) mass is 488 g/mol. The fraction of sp³-hybridized carbons (Fsp3) is 0.609. The second-order valence-electron chi connectivity index (χ2n) is 8.47. The van der Waals surface area contributed by atoms with Gasteiger partial charge < -0.3 is 21.6 Å². The Morgan fingerprint density at radius 3 is 2.24 bits per heavy atom. The maximum absolute atomic E-state index is 13.4. The van der Waals surface area contributed by atoms with E-state index in [0.29, 0.717) is 19.3 Å². The van der Waals surface area contributed by atoms with Gasteiger partial charge in [-0.2, -0.15) is 18.2 Å². The molecule has 0 heterocycles. The van der Waals surface area contributed by atoms with E-state index >= 15 is 0 Å². The summed E-state index contributed by atoms with van der Waals surface area (Å²) in [5.74, 6) is -4.38. The molecule has 1 rings (SSSR count). The molecule has 0 fully saturated rings. The van der Waals surface area contributed by atoms with Crippen LogP contribution in [0.5, 0.6) is 0 Å². The number of hydroxylamine groups is 2. The number of amides is 2.